The zero-order valence-corrected chi connectivity index (χ0v) is 15.1. The lowest BCUT2D eigenvalue weighted by Gasteiger charge is -2.32. The number of rotatable bonds is 6. The first-order chi connectivity index (χ1) is 12.2. The number of nitrogens with zero attached hydrogens (tertiary/aromatic N) is 1. The summed E-state index contributed by atoms with van der Waals surface area (Å²) in [6, 6.07) is 0.318. The van der Waals surface area contributed by atoms with Crippen molar-refractivity contribution in [3.63, 3.8) is 0 Å². The molecule has 4 rings (SSSR count). The van der Waals surface area contributed by atoms with Gasteiger partial charge in [-0.3, -0.25) is 9.59 Å². The minimum atomic E-state index is -0.591. The number of unbranched alkanes of at least 4 members (excludes halogenated alkanes) is 2. The molecule has 0 aromatic carbocycles. The Morgan fingerprint density at radius 3 is 2.88 bits per heavy atom. The van der Waals surface area contributed by atoms with Gasteiger partial charge in [0, 0.05) is 6.04 Å². The van der Waals surface area contributed by atoms with Crippen LogP contribution >= 0.6 is 0 Å². The SMILES string of the molecule is CCCCCOC(=O)[C@@H]1[C@H]2C=C[C@@]3(CN(C4CCCCC4)C(=O)[C@@H]13)O2. The number of hydrogen-bond acceptors (Lipinski definition) is 4. The molecule has 4 atom stereocenters. The molecule has 0 unspecified atom stereocenters. The van der Waals surface area contributed by atoms with Gasteiger partial charge in [0.1, 0.15) is 11.5 Å². The fourth-order valence-corrected chi connectivity index (χ4v) is 5.12. The van der Waals surface area contributed by atoms with Gasteiger partial charge in [-0.15, -0.1) is 0 Å². The number of carbonyl (C=O) groups excluding carboxylic acids is 2. The Morgan fingerprint density at radius 1 is 1.32 bits per heavy atom. The van der Waals surface area contributed by atoms with Crippen molar-refractivity contribution in [2.45, 2.75) is 76.0 Å². The lowest BCUT2D eigenvalue weighted by Crippen LogP contribution is -2.42. The van der Waals surface area contributed by atoms with E-state index in [4.69, 9.17) is 9.47 Å². The summed E-state index contributed by atoms with van der Waals surface area (Å²) in [5, 5.41) is 0. The second-order valence-electron chi connectivity index (χ2n) is 8.03. The van der Waals surface area contributed by atoms with E-state index >= 15 is 0 Å². The normalized spacial score (nSPS) is 36.9. The van der Waals surface area contributed by atoms with Crippen LogP contribution in [-0.4, -0.2) is 47.7 Å². The molecular formula is C20H29NO4. The number of esters is 1. The van der Waals surface area contributed by atoms with E-state index in [1.165, 1.54) is 19.3 Å². The van der Waals surface area contributed by atoms with Crippen LogP contribution in [0.25, 0.3) is 0 Å². The van der Waals surface area contributed by atoms with Crippen LogP contribution in [0.2, 0.25) is 0 Å². The van der Waals surface area contributed by atoms with Crippen molar-refractivity contribution in [2.24, 2.45) is 11.8 Å². The highest BCUT2D eigenvalue weighted by Crippen LogP contribution is 2.53. The van der Waals surface area contributed by atoms with Crippen molar-refractivity contribution in [2.75, 3.05) is 13.2 Å². The highest BCUT2D eigenvalue weighted by molar-refractivity contribution is 5.91. The van der Waals surface area contributed by atoms with Crippen LogP contribution in [0, 0.1) is 11.8 Å². The predicted octanol–water partition coefficient (Wildman–Crippen LogP) is 2.83. The molecule has 138 valence electrons. The Bertz CT molecular complexity index is 568. The van der Waals surface area contributed by atoms with Crippen LogP contribution in [0.15, 0.2) is 12.2 Å². The second-order valence-corrected chi connectivity index (χ2v) is 8.03. The quantitative estimate of drug-likeness (QED) is 0.421. The van der Waals surface area contributed by atoms with Crippen molar-refractivity contribution >= 4 is 11.9 Å². The molecule has 1 spiro atoms. The highest BCUT2D eigenvalue weighted by atomic mass is 16.6. The Kier molecular flexibility index (Phi) is 4.61. The molecule has 0 radical (unpaired) electrons. The van der Waals surface area contributed by atoms with E-state index in [0.717, 1.165) is 32.1 Å². The molecule has 2 saturated heterocycles. The maximum Gasteiger partial charge on any atom is 0.312 e. The Hall–Kier alpha value is -1.36. The molecular weight excluding hydrogens is 318 g/mol. The minimum Gasteiger partial charge on any atom is -0.465 e. The highest BCUT2D eigenvalue weighted by Gasteiger charge is 2.67. The van der Waals surface area contributed by atoms with E-state index in [0.29, 0.717) is 19.2 Å². The zero-order chi connectivity index (χ0) is 17.4. The Labute approximate surface area is 149 Å². The van der Waals surface area contributed by atoms with E-state index in [9.17, 15) is 9.59 Å². The summed E-state index contributed by atoms with van der Waals surface area (Å²) in [5.41, 5.74) is -0.591. The second kappa shape index (κ2) is 6.75. The smallest absolute Gasteiger partial charge is 0.312 e. The molecule has 1 aliphatic carbocycles. The first-order valence-electron chi connectivity index (χ1n) is 10.0. The summed E-state index contributed by atoms with van der Waals surface area (Å²) in [5.74, 6) is -0.999. The number of fused-ring (bicyclic) bond motifs is 1. The van der Waals surface area contributed by atoms with Crippen LogP contribution in [-0.2, 0) is 19.1 Å². The predicted molar refractivity (Wildman–Crippen MR) is 92.8 cm³/mol. The molecule has 5 nitrogen and oxygen atoms in total. The lowest BCUT2D eigenvalue weighted by atomic mass is 9.77. The van der Waals surface area contributed by atoms with E-state index in [-0.39, 0.29) is 23.9 Å². The largest absolute Gasteiger partial charge is 0.465 e. The van der Waals surface area contributed by atoms with Crippen molar-refractivity contribution in [3.05, 3.63) is 12.2 Å². The van der Waals surface area contributed by atoms with E-state index in [1.54, 1.807) is 0 Å². The van der Waals surface area contributed by atoms with Crippen LogP contribution in [0.5, 0.6) is 0 Å². The first kappa shape index (κ1) is 17.1. The third kappa shape index (κ3) is 2.80. The van der Waals surface area contributed by atoms with Gasteiger partial charge < -0.3 is 14.4 Å². The standard InChI is InChI=1S/C20H29NO4/c1-2-3-7-12-24-19(23)16-15-10-11-20(25-15)13-21(18(22)17(16)20)14-8-5-4-6-9-14/h10-11,14-17H,2-9,12-13H2,1H3/t15-,16-,17-,20+/m1/s1. The van der Waals surface area contributed by atoms with Gasteiger partial charge in [-0.25, -0.2) is 0 Å². The zero-order valence-electron chi connectivity index (χ0n) is 15.1. The molecule has 4 aliphatic rings. The number of carbonyl (C=O) groups is 2. The van der Waals surface area contributed by atoms with Crippen LogP contribution < -0.4 is 0 Å². The maximum absolute atomic E-state index is 13.2. The van der Waals surface area contributed by atoms with E-state index < -0.39 is 11.5 Å². The molecule has 0 aromatic rings. The minimum absolute atomic E-state index is 0.106. The monoisotopic (exact) mass is 347 g/mol. The Balaban J connectivity index is 1.47. The van der Waals surface area contributed by atoms with E-state index in [1.807, 2.05) is 17.1 Å². The molecule has 3 aliphatic heterocycles. The summed E-state index contributed by atoms with van der Waals surface area (Å²) >= 11 is 0. The molecule has 0 N–H and O–H groups in total. The van der Waals surface area contributed by atoms with Gasteiger partial charge in [0.25, 0.3) is 0 Å². The third-order valence-corrected chi connectivity index (χ3v) is 6.41. The van der Waals surface area contributed by atoms with Gasteiger partial charge in [-0.1, -0.05) is 51.2 Å². The molecule has 3 heterocycles. The fourth-order valence-electron chi connectivity index (χ4n) is 5.12. The number of ether oxygens (including phenoxy) is 2. The van der Waals surface area contributed by atoms with Gasteiger partial charge in [0.15, 0.2) is 0 Å². The van der Waals surface area contributed by atoms with Gasteiger partial charge in [-0.05, 0) is 19.3 Å². The van der Waals surface area contributed by atoms with Gasteiger partial charge in [-0.2, -0.15) is 0 Å². The van der Waals surface area contributed by atoms with Crippen LogP contribution in [0.1, 0.15) is 58.3 Å². The average Bonchev–Trinajstić information content (AvgIpc) is 3.28. The van der Waals surface area contributed by atoms with Gasteiger partial charge in [0.2, 0.25) is 5.91 Å². The topological polar surface area (TPSA) is 55.8 Å². The molecule has 2 bridgehead atoms. The van der Waals surface area contributed by atoms with Crippen molar-refractivity contribution < 1.29 is 19.1 Å². The average molecular weight is 347 g/mol. The number of likely N-dealkylation sites (tertiary alicyclic amines) is 1. The summed E-state index contributed by atoms with van der Waals surface area (Å²) in [4.78, 5) is 27.8. The van der Waals surface area contributed by atoms with Crippen molar-refractivity contribution in [1.82, 2.24) is 4.90 Å². The molecule has 3 fully saturated rings. The lowest BCUT2D eigenvalue weighted by molar-refractivity contribution is -0.154. The molecule has 5 heteroatoms. The van der Waals surface area contributed by atoms with E-state index in [2.05, 4.69) is 6.92 Å². The summed E-state index contributed by atoms with van der Waals surface area (Å²) in [6.07, 6.45) is 12.5. The van der Waals surface area contributed by atoms with Crippen molar-refractivity contribution in [1.29, 1.82) is 0 Å². The summed E-state index contributed by atoms with van der Waals surface area (Å²) < 4.78 is 11.7. The fraction of sp³-hybridized carbons (Fsp3) is 0.800. The molecule has 1 amide bonds. The van der Waals surface area contributed by atoms with Crippen LogP contribution in [0.3, 0.4) is 0 Å². The van der Waals surface area contributed by atoms with Gasteiger partial charge >= 0.3 is 5.97 Å². The molecule has 0 aromatic heterocycles. The summed E-state index contributed by atoms with van der Waals surface area (Å²) in [7, 11) is 0. The first-order valence-corrected chi connectivity index (χ1v) is 10.0. The Morgan fingerprint density at radius 2 is 2.12 bits per heavy atom. The number of amides is 1. The van der Waals surface area contributed by atoms with Crippen LogP contribution in [0.4, 0.5) is 0 Å². The number of hydrogen-bond donors (Lipinski definition) is 0. The maximum atomic E-state index is 13.2. The van der Waals surface area contributed by atoms with Crippen molar-refractivity contribution in [3.8, 4) is 0 Å². The third-order valence-electron chi connectivity index (χ3n) is 6.41. The van der Waals surface area contributed by atoms with Gasteiger partial charge in [0.05, 0.1) is 25.2 Å². The summed E-state index contributed by atoms with van der Waals surface area (Å²) in [6.45, 7) is 3.17. The molecule has 1 saturated carbocycles. The molecule has 25 heavy (non-hydrogen) atoms.